The van der Waals surface area contributed by atoms with E-state index in [2.05, 4.69) is 10.9 Å². The molecule has 0 spiro atoms. The highest BCUT2D eigenvalue weighted by Gasteiger charge is 2.17. The predicted molar refractivity (Wildman–Crippen MR) is 68.2 cm³/mol. The van der Waals surface area contributed by atoms with Crippen LogP contribution in [-0.2, 0) is 4.74 Å². The first-order chi connectivity index (χ1) is 8.69. The molecule has 1 aromatic rings. The fourth-order valence-electron chi connectivity index (χ4n) is 1.12. The number of carbonyl (C=O) groups is 2. The van der Waals surface area contributed by atoms with Crippen molar-refractivity contribution in [1.82, 2.24) is 10.9 Å². The van der Waals surface area contributed by atoms with Crippen molar-refractivity contribution < 1.29 is 18.7 Å². The number of nitrogens with one attached hydrogen (secondary N) is 2. The van der Waals surface area contributed by atoms with Crippen LogP contribution in [0.15, 0.2) is 18.2 Å². The number of halogens is 2. The Morgan fingerprint density at radius 3 is 2.42 bits per heavy atom. The van der Waals surface area contributed by atoms with E-state index in [1.807, 2.05) is 0 Å². The zero-order chi connectivity index (χ0) is 14.6. The van der Waals surface area contributed by atoms with E-state index >= 15 is 0 Å². The summed E-state index contributed by atoms with van der Waals surface area (Å²) in [5, 5.41) is -0.176. The lowest BCUT2D eigenvalue weighted by Crippen LogP contribution is -2.44. The molecule has 0 unspecified atom stereocenters. The molecule has 0 aliphatic carbocycles. The molecule has 7 heteroatoms. The molecule has 0 atom stereocenters. The van der Waals surface area contributed by atoms with Gasteiger partial charge in [0.05, 0.1) is 5.02 Å². The normalized spacial score (nSPS) is 10.8. The van der Waals surface area contributed by atoms with Crippen LogP contribution in [0.3, 0.4) is 0 Å². The van der Waals surface area contributed by atoms with Gasteiger partial charge in [-0.2, -0.15) is 0 Å². The molecule has 19 heavy (non-hydrogen) atoms. The first-order valence-corrected chi connectivity index (χ1v) is 5.81. The largest absolute Gasteiger partial charge is 0.443 e. The van der Waals surface area contributed by atoms with Crippen LogP contribution in [0.4, 0.5) is 9.18 Å². The number of ether oxygens (including phenoxy) is 1. The standard InChI is InChI=1S/C12H14ClFN2O3/c1-12(2,3)19-11(18)16-15-10(17)7-4-5-9(14)8(13)6-7/h4-6H,1-3H3,(H,15,17)(H,16,18). The highest BCUT2D eigenvalue weighted by atomic mass is 35.5. The van der Waals surface area contributed by atoms with Gasteiger partial charge in [-0.25, -0.2) is 14.6 Å². The van der Waals surface area contributed by atoms with Crippen LogP contribution in [0.5, 0.6) is 0 Å². The number of amides is 2. The third-order valence-corrected chi connectivity index (χ3v) is 2.15. The average Bonchev–Trinajstić information content (AvgIpc) is 2.27. The molecule has 0 aromatic heterocycles. The van der Waals surface area contributed by atoms with Crippen LogP contribution >= 0.6 is 11.6 Å². The maximum atomic E-state index is 12.9. The van der Waals surface area contributed by atoms with Crippen LogP contribution < -0.4 is 10.9 Å². The Bertz CT molecular complexity index is 500. The lowest BCUT2D eigenvalue weighted by Gasteiger charge is -2.19. The second-order valence-corrected chi connectivity index (χ2v) is 5.12. The van der Waals surface area contributed by atoms with Crippen molar-refractivity contribution in [3.63, 3.8) is 0 Å². The molecule has 104 valence electrons. The Labute approximate surface area is 115 Å². The number of carbonyl (C=O) groups excluding carboxylic acids is 2. The monoisotopic (exact) mass is 288 g/mol. The fraction of sp³-hybridized carbons (Fsp3) is 0.333. The summed E-state index contributed by atoms with van der Waals surface area (Å²) in [6, 6.07) is 3.46. The van der Waals surface area contributed by atoms with E-state index < -0.39 is 23.4 Å². The van der Waals surface area contributed by atoms with E-state index in [0.29, 0.717) is 0 Å². The number of benzene rings is 1. The first-order valence-electron chi connectivity index (χ1n) is 5.43. The quantitative estimate of drug-likeness (QED) is 0.781. The number of hydrazine groups is 1. The van der Waals surface area contributed by atoms with E-state index in [-0.39, 0.29) is 10.6 Å². The maximum absolute atomic E-state index is 12.9. The van der Waals surface area contributed by atoms with Gasteiger partial charge in [-0.15, -0.1) is 0 Å². The van der Waals surface area contributed by atoms with E-state index in [0.717, 1.165) is 12.1 Å². The second-order valence-electron chi connectivity index (χ2n) is 4.71. The minimum atomic E-state index is -0.797. The van der Waals surface area contributed by atoms with Crippen molar-refractivity contribution >= 4 is 23.6 Å². The van der Waals surface area contributed by atoms with Crippen LogP contribution in [0.25, 0.3) is 0 Å². The van der Waals surface area contributed by atoms with Gasteiger partial charge in [-0.05, 0) is 39.0 Å². The molecular weight excluding hydrogens is 275 g/mol. The summed E-state index contributed by atoms with van der Waals surface area (Å²) in [5.41, 5.74) is 3.64. The molecule has 0 radical (unpaired) electrons. The molecule has 0 aliphatic rings. The molecule has 2 amide bonds. The molecule has 1 rings (SSSR count). The van der Waals surface area contributed by atoms with Crippen molar-refractivity contribution in [2.45, 2.75) is 26.4 Å². The summed E-state index contributed by atoms with van der Waals surface area (Å²) in [6.45, 7) is 5.07. The summed E-state index contributed by atoms with van der Waals surface area (Å²) in [5.74, 6) is -1.26. The third-order valence-electron chi connectivity index (χ3n) is 1.86. The van der Waals surface area contributed by atoms with Crippen LogP contribution in [0.2, 0.25) is 5.02 Å². The molecule has 5 nitrogen and oxygen atoms in total. The SMILES string of the molecule is CC(C)(C)OC(=O)NNC(=O)c1ccc(F)c(Cl)c1. The summed E-state index contributed by atoms with van der Waals surface area (Å²) in [6.07, 6.45) is -0.797. The minimum Gasteiger partial charge on any atom is -0.443 e. The molecule has 0 bridgehead atoms. The predicted octanol–water partition coefficient (Wildman–Crippen LogP) is 2.65. The van der Waals surface area contributed by atoms with E-state index in [1.54, 1.807) is 20.8 Å². The zero-order valence-corrected chi connectivity index (χ0v) is 11.5. The Morgan fingerprint density at radius 1 is 1.26 bits per heavy atom. The summed E-state index contributed by atoms with van der Waals surface area (Å²) in [4.78, 5) is 22.9. The number of hydrogen-bond donors (Lipinski definition) is 2. The summed E-state index contributed by atoms with van der Waals surface area (Å²) >= 11 is 5.54. The molecule has 0 heterocycles. The topological polar surface area (TPSA) is 67.4 Å². The van der Waals surface area contributed by atoms with Crippen LogP contribution in [0.1, 0.15) is 31.1 Å². The third kappa shape index (κ3) is 5.13. The molecular formula is C12H14ClFN2O3. The molecule has 2 N–H and O–H groups in total. The second kappa shape index (κ2) is 5.88. The van der Waals surface area contributed by atoms with Gasteiger partial charge >= 0.3 is 6.09 Å². The molecule has 0 saturated carbocycles. The smallest absolute Gasteiger partial charge is 0.426 e. The van der Waals surface area contributed by atoms with Crippen molar-refractivity contribution in [2.75, 3.05) is 0 Å². The van der Waals surface area contributed by atoms with E-state index in [9.17, 15) is 14.0 Å². The number of hydrogen-bond acceptors (Lipinski definition) is 3. The maximum Gasteiger partial charge on any atom is 0.426 e. The van der Waals surface area contributed by atoms with Gasteiger partial charge in [0.15, 0.2) is 0 Å². The minimum absolute atomic E-state index is 0.113. The van der Waals surface area contributed by atoms with Gasteiger partial charge in [0.2, 0.25) is 0 Å². The van der Waals surface area contributed by atoms with Gasteiger partial charge in [0.1, 0.15) is 11.4 Å². The van der Waals surface area contributed by atoms with Gasteiger partial charge < -0.3 is 4.74 Å². The van der Waals surface area contributed by atoms with Crippen LogP contribution in [-0.4, -0.2) is 17.6 Å². The lowest BCUT2D eigenvalue weighted by atomic mass is 10.2. The van der Waals surface area contributed by atoms with Crippen molar-refractivity contribution in [3.05, 3.63) is 34.6 Å². The highest BCUT2D eigenvalue weighted by molar-refractivity contribution is 6.31. The van der Waals surface area contributed by atoms with E-state index in [4.69, 9.17) is 16.3 Å². The van der Waals surface area contributed by atoms with Gasteiger partial charge in [-0.3, -0.25) is 10.2 Å². The first kappa shape index (κ1) is 15.2. The van der Waals surface area contributed by atoms with Crippen molar-refractivity contribution in [1.29, 1.82) is 0 Å². The van der Waals surface area contributed by atoms with Crippen LogP contribution in [0, 0.1) is 5.82 Å². The highest BCUT2D eigenvalue weighted by Crippen LogP contribution is 2.15. The summed E-state index contributed by atoms with van der Waals surface area (Å²) < 4.78 is 17.8. The van der Waals surface area contributed by atoms with Crippen molar-refractivity contribution in [3.8, 4) is 0 Å². The Balaban J connectivity index is 2.56. The molecule has 1 aromatic carbocycles. The number of rotatable bonds is 1. The van der Waals surface area contributed by atoms with Gasteiger partial charge in [0.25, 0.3) is 5.91 Å². The fourth-order valence-corrected chi connectivity index (χ4v) is 1.30. The molecule has 0 aliphatic heterocycles. The van der Waals surface area contributed by atoms with Gasteiger partial charge in [0, 0.05) is 5.56 Å². The Morgan fingerprint density at radius 2 is 1.89 bits per heavy atom. The summed E-state index contributed by atoms with van der Waals surface area (Å²) in [7, 11) is 0. The Kier molecular flexibility index (Phi) is 4.72. The molecule has 0 fully saturated rings. The Hall–Kier alpha value is -1.82. The van der Waals surface area contributed by atoms with E-state index in [1.165, 1.54) is 6.07 Å². The van der Waals surface area contributed by atoms with Gasteiger partial charge in [-0.1, -0.05) is 11.6 Å². The average molecular weight is 289 g/mol. The lowest BCUT2D eigenvalue weighted by molar-refractivity contribution is 0.0483. The molecule has 0 saturated heterocycles. The zero-order valence-electron chi connectivity index (χ0n) is 10.7. The van der Waals surface area contributed by atoms with Crippen molar-refractivity contribution in [2.24, 2.45) is 0 Å².